The number of Topliss-reactive ketones (excluding diaryl/α,β-unsaturated/α-hetero) is 1. The molecule has 4 nitrogen and oxygen atoms in total. The van der Waals surface area contributed by atoms with Crippen molar-refractivity contribution in [2.24, 2.45) is 0 Å². The SMILES string of the molecule is COC(=O)c1cc(CC(=O)c2ccsc2)ccc1OC. The molecule has 0 aliphatic rings. The lowest BCUT2D eigenvalue weighted by Crippen LogP contribution is -2.07. The Morgan fingerprint density at radius 2 is 2.00 bits per heavy atom. The van der Waals surface area contributed by atoms with Crippen LogP contribution in [0.3, 0.4) is 0 Å². The number of benzene rings is 1. The highest BCUT2D eigenvalue weighted by atomic mass is 32.1. The molecule has 0 N–H and O–H groups in total. The molecule has 0 amide bonds. The van der Waals surface area contributed by atoms with Crippen molar-refractivity contribution in [1.82, 2.24) is 0 Å². The van der Waals surface area contributed by atoms with E-state index in [1.54, 1.807) is 24.3 Å². The van der Waals surface area contributed by atoms with Crippen LogP contribution < -0.4 is 4.74 Å². The summed E-state index contributed by atoms with van der Waals surface area (Å²) in [5, 5.41) is 3.67. The molecule has 0 aliphatic carbocycles. The lowest BCUT2D eigenvalue weighted by Gasteiger charge is -2.08. The summed E-state index contributed by atoms with van der Waals surface area (Å²) in [5.41, 5.74) is 1.76. The number of carbonyl (C=O) groups excluding carboxylic acids is 2. The molecule has 104 valence electrons. The third kappa shape index (κ3) is 3.05. The van der Waals surface area contributed by atoms with Gasteiger partial charge >= 0.3 is 5.97 Å². The Kier molecular flexibility index (Phi) is 4.53. The smallest absolute Gasteiger partial charge is 0.341 e. The molecule has 2 aromatic rings. The van der Waals surface area contributed by atoms with E-state index in [0.717, 1.165) is 5.56 Å². The highest BCUT2D eigenvalue weighted by molar-refractivity contribution is 7.08. The van der Waals surface area contributed by atoms with Gasteiger partial charge in [-0.3, -0.25) is 4.79 Å². The highest BCUT2D eigenvalue weighted by Gasteiger charge is 2.15. The summed E-state index contributed by atoms with van der Waals surface area (Å²) in [7, 11) is 2.79. The van der Waals surface area contributed by atoms with E-state index >= 15 is 0 Å². The zero-order valence-corrected chi connectivity index (χ0v) is 12.0. The molecule has 0 atom stereocenters. The van der Waals surface area contributed by atoms with E-state index in [4.69, 9.17) is 9.47 Å². The maximum Gasteiger partial charge on any atom is 0.341 e. The van der Waals surface area contributed by atoms with E-state index in [1.807, 2.05) is 10.8 Å². The zero-order valence-electron chi connectivity index (χ0n) is 11.2. The van der Waals surface area contributed by atoms with Crippen molar-refractivity contribution in [3.8, 4) is 5.75 Å². The normalized spacial score (nSPS) is 10.1. The average molecular weight is 290 g/mol. The minimum Gasteiger partial charge on any atom is -0.496 e. The first kappa shape index (κ1) is 14.3. The molecule has 1 aromatic carbocycles. The summed E-state index contributed by atoms with van der Waals surface area (Å²) in [6.07, 6.45) is 0.241. The Balaban J connectivity index is 2.25. The van der Waals surface area contributed by atoms with Gasteiger partial charge in [0.15, 0.2) is 5.78 Å². The predicted molar refractivity (Wildman–Crippen MR) is 76.7 cm³/mol. The van der Waals surface area contributed by atoms with Gasteiger partial charge in [0.2, 0.25) is 0 Å². The quantitative estimate of drug-likeness (QED) is 0.627. The van der Waals surface area contributed by atoms with E-state index in [1.165, 1.54) is 25.6 Å². The highest BCUT2D eigenvalue weighted by Crippen LogP contribution is 2.22. The second-order valence-electron chi connectivity index (χ2n) is 4.14. The van der Waals surface area contributed by atoms with Crippen LogP contribution in [0.5, 0.6) is 5.75 Å². The Hall–Kier alpha value is -2.14. The van der Waals surface area contributed by atoms with Gasteiger partial charge in [0.25, 0.3) is 0 Å². The maximum absolute atomic E-state index is 12.0. The Morgan fingerprint density at radius 3 is 2.60 bits per heavy atom. The molecule has 0 saturated heterocycles. The summed E-state index contributed by atoms with van der Waals surface area (Å²) >= 11 is 1.48. The van der Waals surface area contributed by atoms with Crippen LogP contribution in [-0.2, 0) is 11.2 Å². The van der Waals surface area contributed by atoms with E-state index in [9.17, 15) is 9.59 Å². The number of methoxy groups -OCH3 is 2. The van der Waals surface area contributed by atoms with Crippen LogP contribution in [0.1, 0.15) is 26.3 Å². The molecule has 1 heterocycles. The minimum absolute atomic E-state index is 0.0206. The molecule has 0 bridgehead atoms. The number of ether oxygens (including phenoxy) is 2. The van der Waals surface area contributed by atoms with Crippen molar-refractivity contribution in [2.45, 2.75) is 6.42 Å². The number of esters is 1. The number of thiophene rings is 1. The summed E-state index contributed by atoms with van der Waals surface area (Å²) in [5.74, 6) is -0.0255. The van der Waals surface area contributed by atoms with Crippen LogP contribution in [0.15, 0.2) is 35.0 Å². The van der Waals surface area contributed by atoms with E-state index < -0.39 is 5.97 Å². The Labute approximate surface area is 121 Å². The molecular formula is C15H14O4S. The summed E-state index contributed by atoms with van der Waals surface area (Å²) < 4.78 is 9.83. The molecule has 0 fully saturated rings. The van der Waals surface area contributed by atoms with Gasteiger partial charge in [-0.15, -0.1) is 0 Å². The van der Waals surface area contributed by atoms with Crippen LogP contribution in [0.25, 0.3) is 0 Å². The lowest BCUT2D eigenvalue weighted by molar-refractivity contribution is 0.0596. The molecule has 0 saturated carbocycles. The standard InChI is InChI=1S/C15H14O4S/c1-18-14-4-3-10(7-12(14)15(17)19-2)8-13(16)11-5-6-20-9-11/h3-7,9H,8H2,1-2H3. The molecule has 0 spiro atoms. The van der Waals surface area contributed by atoms with Crippen molar-refractivity contribution < 1.29 is 19.1 Å². The van der Waals surface area contributed by atoms with Crippen molar-refractivity contribution >= 4 is 23.1 Å². The fourth-order valence-corrected chi connectivity index (χ4v) is 2.51. The van der Waals surface area contributed by atoms with Crippen LogP contribution in [0.4, 0.5) is 0 Å². The molecule has 1 aromatic heterocycles. The van der Waals surface area contributed by atoms with Crippen LogP contribution in [0, 0.1) is 0 Å². The summed E-state index contributed by atoms with van der Waals surface area (Å²) in [6, 6.07) is 6.87. The molecular weight excluding hydrogens is 276 g/mol. The Bertz CT molecular complexity index is 617. The Morgan fingerprint density at radius 1 is 1.20 bits per heavy atom. The summed E-state index contributed by atoms with van der Waals surface area (Å²) in [4.78, 5) is 23.7. The number of hydrogen-bond acceptors (Lipinski definition) is 5. The van der Waals surface area contributed by atoms with Crippen molar-refractivity contribution in [1.29, 1.82) is 0 Å². The first-order chi connectivity index (χ1) is 9.65. The zero-order chi connectivity index (χ0) is 14.5. The molecule has 2 rings (SSSR count). The minimum atomic E-state index is -0.480. The van der Waals surface area contributed by atoms with Gasteiger partial charge in [-0.2, -0.15) is 11.3 Å². The second kappa shape index (κ2) is 6.34. The van der Waals surface area contributed by atoms with Crippen LogP contribution in [-0.4, -0.2) is 26.0 Å². The predicted octanol–water partition coefficient (Wildman–Crippen LogP) is 2.97. The number of carbonyl (C=O) groups is 2. The number of ketones is 1. The van der Waals surface area contributed by atoms with E-state index in [2.05, 4.69) is 0 Å². The van der Waals surface area contributed by atoms with Crippen molar-refractivity contribution in [3.63, 3.8) is 0 Å². The monoisotopic (exact) mass is 290 g/mol. The number of rotatable bonds is 5. The van der Waals surface area contributed by atoms with Gasteiger partial charge in [-0.1, -0.05) is 6.07 Å². The maximum atomic E-state index is 12.0. The molecule has 5 heteroatoms. The first-order valence-electron chi connectivity index (χ1n) is 5.96. The fourth-order valence-electron chi connectivity index (χ4n) is 1.85. The van der Waals surface area contributed by atoms with Gasteiger partial charge in [0.1, 0.15) is 11.3 Å². The third-order valence-electron chi connectivity index (χ3n) is 2.88. The van der Waals surface area contributed by atoms with Crippen LogP contribution >= 0.6 is 11.3 Å². The number of hydrogen-bond donors (Lipinski definition) is 0. The first-order valence-corrected chi connectivity index (χ1v) is 6.90. The van der Waals surface area contributed by atoms with E-state index in [0.29, 0.717) is 16.9 Å². The molecule has 0 radical (unpaired) electrons. The van der Waals surface area contributed by atoms with Crippen molar-refractivity contribution in [3.05, 3.63) is 51.7 Å². The lowest BCUT2D eigenvalue weighted by atomic mass is 10.0. The third-order valence-corrected chi connectivity index (χ3v) is 3.56. The molecule has 0 unspecified atom stereocenters. The summed E-state index contributed by atoms with van der Waals surface area (Å²) in [6.45, 7) is 0. The second-order valence-corrected chi connectivity index (χ2v) is 4.92. The molecule has 20 heavy (non-hydrogen) atoms. The van der Waals surface area contributed by atoms with Gasteiger partial charge < -0.3 is 9.47 Å². The fraction of sp³-hybridized carbons (Fsp3) is 0.200. The van der Waals surface area contributed by atoms with Crippen LogP contribution in [0.2, 0.25) is 0 Å². The van der Waals surface area contributed by atoms with Gasteiger partial charge in [-0.25, -0.2) is 4.79 Å². The van der Waals surface area contributed by atoms with Gasteiger partial charge in [0, 0.05) is 17.4 Å². The van der Waals surface area contributed by atoms with Crippen molar-refractivity contribution in [2.75, 3.05) is 14.2 Å². The molecule has 0 aliphatic heterocycles. The average Bonchev–Trinajstić information content (AvgIpc) is 3.00. The van der Waals surface area contributed by atoms with Gasteiger partial charge in [-0.05, 0) is 29.1 Å². The van der Waals surface area contributed by atoms with E-state index in [-0.39, 0.29) is 12.2 Å². The largest absolute Gasteiger partial charge is 0.496 e. The van der Waals surface area contributed by atoms with Gasteiger partial charge in [0.05, 0.1) is 14.2 Å². The topological polar surface area (TPSA) is 52.6 Å².